The maximum atomic E-state index is 13.2. The molecule has 0 aromatic heterocycles. The number of nitrogens with zero attached hydrogens (tertiary/aromatic N) is 3. The Morgan fingerprint density at radius 2 is 1.61 bits per heavy atom. The van der Waals surface area contributed by atoms with Gasteiger partial charge in [0, 0.05) is 64.0 Å². The summed E-state index contributed by atoms with van der Waals surface area (Å²) < 4.78 is 0. The van der Waals surface area contributed by atoms with Crippen molar-refractivity contribution in [1.82, 2.24) is 20.0 Å². The van der Waals surface area contributed by atoms with Crippen molar-refractivity contribution in [2.24, 2.45) is 46.8 Å². The summed E-state index contributed by atoms with van der Waals surface area (Å²) in [6, 6.07) is 8.88. The smallest absolute Gasteiger partial charge is 0.224 e. The summed E-state index contributed by atoms with van der Waals surface area (Å²) in [6.45, 7) is 25.1. The number of rotatable bonds is 14. The third kappa shape index (κ3) is 9.58. The number of amides is 1. The highest BCUT2D eigenvalue weighted by Gasteiger charge is 2.64. The molecule has 54 heavy (non-hydrogen) atoms. The predicted octanol–water partition coefficient (Wildman–Crippen LogP) is 6.90. The summed E-state index contributed by atoms with van der Waals surface area (Å²) in [6.07, 6.45) is 11.8. The van der Waals surface area contributed by atoms with Crippen LogP contribution in [-0.2, 0) is 11.2 Å². The van der Waals surface area contributed by atoms with Gasteiger partial charge >= 0.3 is 0 Å². The second kappa shape index (κ2) is 18.8. The SMILES string of the molecule is CCCN1CCN(CC)CCN(CC(Cc2ccc(NC(=O)CCC(C)C3CCC4C5C(O)CC6CC(C)CCC6(C)C5CCC34O)cc2)NCC)CC1. The minimum absolute atomic E-state index is 0.0600. The van der Waals surface area contributed by atoms with E-state index in [-0.39, 0.29) is 35.7 Å². The van der Waals surface area contributed by atoms with Crippen LogP contribution in [0.2, 0.25) is 0 Å². The van der Waals surface area contributed by atoms with Crippen molar-refractivity contribution in [3.63, 3.8) is 0 Å². The van der Waals surface area contributed by atoms with Crippen molar-refractivity contribution >= 4 is 11.6 Å². The van der Waals surface area contributed by atoms with Crippen LogP contribution in [0.5, 0.6) is 0 Å². The van der Waals surface area contributed by atoms with Gasteiger partial charge in [0.2, 0.25) is 5.91 Å². The molecule has 0 spiro atoms. The van der Waals surface area contributed by atoms with E-state index in [1.165, 1.54) is 50.9 Å². The average Bonchev–Trinajstić information content (AvgIpc) is 3.54. The fourth-order valence-corrected chi connectivity index (χ4v) is 12.7. The van der Waals surface area contributed by atoms with Gasteiger partial charge in [-0.3, -0.25) is 9.69 Å². The fraction of sp³-hybridized carbons (Fsp3) is 0.848. The monoisotopic (exact) mass is 750 g/mol. The highest BCUT2D eigenvalue weighted by Crippen LogP contribution is 2.66. The number of likely N-dealkylation sites (N-methyl/N-ethyl adjacent to an activating group) is 2. The van der Waals surface area contributed by atoms with E-state index < -0.39 is 5.60 Å². The standard InChI is InChI=1S/C46H79N5O3/c1-7-22-50-25-23-49(9-3)24-27-51(28-26-50)32-38(47-8-2)30-35-11-13-37(14-12-35)48-43(53)17-10-34(5)39-15-16-41-44-40(19-21-46(39,41)54)45(6)20-18-33(4)29-36(45)31-42(44)52/h11-14,33-34,36,38-42,44,47,52,54H,7-10,15-32H2,1-6H3,(H,48,53). The molecule has 6 rings (SSSR count). The van der Waals surface area contributed by atoms with E-state index >= 15 is 0 Å². The zero-order valence-corrected chi connectivity index (χ0v) is 35.2. The lowest BCUT2D eigenvalue weighted by Gasteiger charge is -2.62. The number of fused-ring (bicyclic) bond motifs is 5. The molecule has 1 aromatic rings. The third-order valence-electron chi connectivity index (χ3n) is 15.9. The molecular weight excluding hydrogens is 671 g/mol. The van der Waals surface area contributed by atoms with Gasteiger partial charge in [-0.1, -0.05) is 60.1 Å². The number of anilines is 1. The molecule has 11 atom stereocenters. The van der Waals surface area contributed by atoms with Gasteiger partial charge in [-0.15, -0.1) is 0 Å². The molecule has 5 fully saturated rings. The second-order valence-electron chi connectivity index (χ2n) is 19.2. The van der Waals surface area contributed by atoms with Gasteiger partial charge in [0.15, 0.2) is 0 Å². The summed E-state index contributed by atoms with van der Waals surface area (Å²) in [5, 5.41) is 30.9. The molecule has 8 heteroatoms. The molecule has 4 N–H and O–H groups in total. The highest BCUT2D eigenvalue weighted by molar-refractivity contribution is 5.90. The van der Waals surface area contributed by atoms with E-state index in [2.05, 4.69) is 91.1 Å². The van der Waals surface area contributed by atoms with Gasteiger partial charge in [-0.2, -0.15) is 0 Å². The maximum Gasteiger partial charge on any atom is 0.224 e. The molecule has 1 aliphatic heterocycles. The van der Waals surface area contributed by atoms with Gasteiger partial charge in [0.1, 0.15) is 0 Å². The Morgan fingerprint density at radius 1 is 0.907 bits per heavy atom. The first-order valence-corrected chi connectivity index (χ1v) is 22.7. The van der Waals surface area contributed by atoms with Crippen LogP contribution >= 0.6 is 0 Å². The number of carbonyl (C=O) groups excluding carboxylic acids is 1. The molecular formula is C46H79N5O3. The second-order valence-corrected chi connectivity index (χ2v) is 19.2. The zero-order valence-electron chi connectivity index (χ0n) is 35.2. The first-order chi connectivity index (χ1) is 26.0. The van der Waals surface area contributed by atoms with Gasteiger partial charge in [0.25, 0.3) is 0 Å². The summed E-state index contributed by atoms with van der Waals surface area (Å²) in [5.41, 5.74) is 1.76. The van der Waals surface area contributed by atoms with Crippen molar-refractivity contribution in [2.75, 3.05) is 70.8 Å². The number of aliphatic hydroxyl groups excluding tert-OH is 1. The van der Waals surface area contributed by atoms with E-state index in [0.717, 1.165) is 102 Å². The Bertz CT molecular complexity index is 1330. The van der Waals surface area contributed by atoms with E-state index in [9.17, 15) is 15.0 Å². The van der Waals surface area contributed by atoms with Gasteiger partial charge in [0.05, 0.1) is 11.7 Å². The Labute approximate surface area is 329 Å². The van der Waals surface area contributed by atoms with E-state index in [0.29, 0.717) is 29.7 Å². The minimum atomic E-state index is -0.708. The molecule has 1 aromatic carbocycles. The van der Waals surface area contributed by atoms with Crippen LogP contribution in [-0.4, -0.2) is 114 Å². The highest BCUT2D eigenvalue weighted by atomic mass is 16.3. The minimum Gasteiger partial charge on any atom is -0.393 e. The molecule has 1 saturated heterocycles. The molecule has 4 saturated carbocycles. The number of carbonyl (C=O) groups is 1. The maximum absolute atomic E-state index is 13.2. The summed E-state index contributed by atoms with van der Waals surface area (Å²) in [7, 11) is 0. The van der Waals surface area contributed by atoms with Crippen molar-refractivity contribution in [3.05, 3.63) is 29.8 Å². The lowest BCUT2D eigenvalue weighted by atomic mass is 9.45. The average molecular weight is 750 g/mol. The quantitative estimate of drug-likeness (QED) is 0.165. The van der Waals surface area contributed by atoms with Crippen LogP contribution in [0.15, 0.2) is 24.3 Å². The Morgan fingerprint density at radius 3 is 2.30 bits per heavy atom. The largest absolute Gasteiger partial charge is 0.393 e. The molecule has 1 amide bonds. The molecule has 8 nitrogen and oxygen atoms in total. The van der Waals surface area contributed by atoms with Crippen LogP contribution < -0.4 is 10.6 Å². The third-order valence-corrected chi connectivity index (χ3v) is 15.9. The molecule has 11 unspecified atom stereocenters. The Balaban J connectivity index is 0.983. The lowest BCUT2D eigenvalue weighted by molar-refractivity contribution is -0.197. The van der Waals surface area contributed by atoms with Gasteiger partial charge in [-0.25, -0.2) is 0 Å². The number of benzene rings is 1. The van der Waals surface area contributed by atoms with Crippen molar-refractivity contribution < 1.29 is 15.0 Å². The first-order valence-electron chi connectivity index (χ1n) is 22.7. The molecule has 0 bridgehead atoms. The van der Waals surface area contributed by atoms with Crippen LogP contribution in [0.4, 0.5) is 5.69 Å². The topological polar surface area (TPSA) is 91.3 Å². The number of aliphatic hydroxyl groups is 2. The number of nitrogens with one attached hydrogen (secondary N) is 2. The molecule has 0 radical (unpaired) electrons. The van der Waals surface area contributed by atoms with Gasteiger partial charge in [-0.05, 0) is 148 Å². The van der Waals surface area contributed by atoms with Crippen molar-refractivity contribution in [1.29, 1.82) is 0 Å². The van der Waals surface area contributed by atoms with E-state index in [1.54, 1.807) is 0 Å². The lowest BCUT2D eigenvalue weighted by Crippen LogP contribution is -2.60. The molecule has 1 heterocycles. The molecule has 306 valence electrons. The normalized spacial score (nSPS) is 36.6. The molecule has 5 aliphatic rings. The Hall–Kier alpha value is -1.55. The van der Waals surface area contributed by atoms with Crippen LogP contribution in [0.3, 0.4) is 0 Å². The zero-order chi connectivity index (χ0) is 38.5. The van der Waals surface area contributed by atoms with Crippen LogP contribution in [0, 0.1) is 46.8 Å². The molecule has 4 aliphatic carbocycles. The summed E-state index contributed by atoms with van der Waals surface area (Å²) >= 11 is 0. The summed E-state index contributed by atoms with van der Waals surface area (Å²) in [4.78, 5) is 21.2. The number of hydrogen-bond acceptors (Lipinski definition) is 7. The Kier molecular flexibility index (Phi) is 14.6. The van der Waals surface area contributed by atoms with Crippen molar-refractivity contribution in [2.45, 2.75) is 136 Å². The number of hydrogen-bond donors (Lipinski definition) is 4. The predicted molar refractivity (Wildman–Crippen MR) is 223 cm³/mol. The van der Waals surface area contributed by atoms with Gasteiger partial charge < -0.3 is 30.6 Å². The van der Waals surface area contributed by atoms with Crippen molar-refractivity contribution in [3.8, 4) is 0 Å². The van der Waals surface area contributed by atoms with E-state index in [1.807, 2.05) is 0 Å². The first kappa shape index (κ1) is 42.1. The van der Waals surface area contributed by atoms with E-state index in [4.69, 9.17) is 0 Å². The van der Waals surface area contributed by atoms with Crippen LogP contribution in [0.1, 0.15) is 118 Å². The summed E-state index contributed by atoms with van der Waals surface area (Å²) in [5.74, 6) is 2.86. The van der Waals surface area contributed by atoms with Crippen LogP contribution in [0.25, 0.3) is 0 Å². The fourth-order valence-electron chi connectivity index (χ4n) is 12.7.